The van der Waals surface area contributed by atoms with Gasteiger partial charge in [0.25, 0.3) is 0 Å². The SMILES string of the molecule is Cc1c(-c2cccc[n+]2C)c2ccsc2c2c1sc1ccccc12. The highest BCUT2D eigenvalue weighted by Crippen LogP contribution is 2.46. The Morgan fingerprint density at radius 1 is 0.875 bits per heavy atom. The van der Waals surface area contributed by atoms with Crippen LogP contribution in [-0.2, 0) is 7.05 Å². The number of thiophene rings is 2. The molecule has 2 aromatic carbocycles. The molecule has 0 aliphatic carbocycles. The molecule has 0 aliphatic heterocycles. The van der Waals surface area contributed by atoms with Crippen LogP contribution >= 0.6 is 22.7 Å². The van der Waals surface area contributed by atoms with Gasteiger partial charge < -0.3 is 0 Å². The Labute approximate surface area is 148 Å². The molecule has 0 radical (unpaired) electrons. The van der Waals surface area contributed by atoms with Gasteiger partial charge in [-0.3, -0.25) is 0 Å². The molecule has 0 fully saturated rings. The number of rotatable bonds is 1. The zero-order chi connectivity index (χ0) is 16.3. The number of aromatic nitrogens is 1. The molecule has 0 bridgehead atoms. The highest BCUT2D eigenvalue weighted by atomic mass is 32.1. The molecule has 3 heteroatoms. The van der Waals surface area contributed by atoms with Gasteiger partial charge in [-0.2, -0.15) is 0 Å². The minimum atomic E-state index is 1.28. The van der Waals surface area contributed by atoms with Crippen LogP contribution in [0.4, 0.5) is 0 Å². The molecule has 0 spiro atoms. The Kier molecular flexibility index (Phi) is 3.02. The molecule has 5 rings (SSSR count). The molecule has 0 N–H and O–H groups in total. The van der Waals surface area contributed by atoms with Gasteiger partial charge >= 0.3 is 0 Å². The van der Waals surface area contributed by atoms with Crippen molar-refractivity contribution in [2.75, 3.05) is 0 Å². The van der Waals surface area contributed by atoms with Crippen LogP contribution in [0.2, 0.25) is 0 Å². The number of fused-ring (bicyclic) bond motifs is 5. The number of hydrogen-bond acceptors (Lipinski definition) is 2. The van der Waals surface area contributed by atoms with Gasteiger partial charge in [0, 0.05) is 42.4 Å². The fraction of sp³-hybridized carbons (Fsp3) is 0.0952. The zero-order valence-electron chi connectivity index (χ0n) is 13.5. The van der Waals surface area contributed by atoms with Crippen molar-refractivity contribution in [3.8, 4) is 11.3 Å². The average molecular weight is 347 g/mol. The van der Waals surface area contributed by atoms with Crippen LogP contribution in [-0.4, -0.2) is 0 Å². The summed E-state index contributed by atoms with van der Waals surface area (Å²) < 4.78 is 6.43. The van der Waals surface area contributed by atoms with Crippen LogP contribution in [0, 0.1) is 6.92 Å². The van der Waals surface area contributed by atoms with Crippen molar-refractivity contribution in [3.63, 3.8) is 0 Å². The second-order valence-electron chi connectivity index (χ2n) is 6.16. The minimum absolute atomic E-state index is 1.28. The molecule has 0 amide bonds. The Bertz CT molecular complexity index is 1230. The summed E-state index contributed by atoms with van der Waals surface area (Å²) in [4.78, 5) is 0. The fourth-order valence-corrected chi connectivity index (χ4v) is 5.91. The van der Waals surface area contributed by atoms with Crippen LogP contribution in [0.25, 0.3) is 41.5 Å². The number of hydrogen-bond donors (Lipinski definition) is 0. The van der Waals surface area contributed by atoms with E-state index in [1.807, 2.05) is 22.7 Å². The molecule has 5 aromatic rings. The molecule has 0 saturated heterocycles. The van der Waals surface area contributed by atoms with E-state index in [9.17, 15) is 0 Å². The number of benzene rings is 2. The van der Waals surface area contributed by atoms with Crippen LogP contribution < -0.4 is 4.57 Å². The predicted molar refractivity (Wildman–Crippen MR) is 106 cm³/mol. The monoisotopic (exact) mass is 346 g/mol. The van der Waals surface area contributed by atoms with Crippen LogP contribution in [0.5, 0.6) is 0 Å². The van der Waals surface area contributed by atoms with Crippen molar-refractivity contribution in [2.45, 2.75) is 6.92 Å². The summed E-state index contributed by atoms with van der Waals surface area (Å²) in [5, 5.41) is 6.41. The van der Waals surface area contributed by atoms with Crippen LogP contribution in [0.15, 0.2) is 60.1 Å². The molecule has 116 valence electrons. The second kappa shape index (κ2) is 5.13. The summed E-state index contributed by atoms with van der Waals surface area (Å²) >= 11 is 3.78. The molecular weight excluding hydrogens is 330 g/mol. The van der Waals surface area contributed by atoms with E-state index in [2.05, 4.69) is 78.6 Å². The molecule has 1 nitrogen and oxygen atoms in total. The molecule has 3 heterocycles. The lowest BCUT2D eigenvalue weighted by atomic mass is 9.97. The lowest BCUT2D eigenvalue weighted by Crippen LogP contribution is -2.30. The van der Waals surface area contributed by atoms with E-state index >= 15 is 0 Å². The Morgan fingerprint density at radius 3 is 2.58 bits per heavy atom. The van der Waals surface area contributed by atoms with E-state index in [1.165, 1.54) is 47.1 Å². The first-order valence-electron chi connectivity index (χ1n) is 8.02. The molecular formula is C21H16NS2+. The van der Waals surface area contributed by atoms with Gasteiger partial charge in [0.2, 0.25) is 5.69 Å². The van der Waals surface area contributed by atoms with Gasteiger partial charge in [0.05, 0.1) is 5.56 Å². The first-order valence-corrected chi connectivity index (χ1v) is 9.71. The molecule has 0 unspecified atom stereocenters. The zero-order valence-corrected chi connectivity index (χ0v) is 15.2. The Morgan fingerprint density at radius 2 is 1.71 bits per heavy atom. The maximum atomic E-state index is 2.28. The minimum Gasteiger partial charge on any atom is -0.201 e. The Hall–Kier alpha value is -2.23. The number of aryl methyl sites for hydroxylation is 2. The summed E-state index contributed by atoms with van der Waals surface area (Å²) in [5.74, 6) is 0. The molecule has 0 aliphatic rings. The third-order valence-electron chi connectivity index (χ3n) is 4.78. The summed E-state index contributed by atoms with van der Waals surface area (Å²) in [7, 11) is 2.13. The predicted octanol–water partition coefficient (Wildman–Crippen LogP) is 6.07. The average Bonchev–Trinajstić information content (AvgIpc) is 3.20. The number of nitrogens with zero attached hydrogens (tertiary/aromatic N) is 1. The van der Waals surface area contributed by atoms with Crippen molar-refractivity contribution in [3.05, 3.63) is 65.7 Å². The van der Waals surface area contributed by atoms with Crippen molar-refractivity contribution in [1.29, 1.82) is 0 Å². The molecule has 0 atom stereocenters. The quantitative estimate of drug-likeness (QED) is 0.324. The normalized spacial score (nSPS) is 11.8. The van der Waals surface area contributed by atoms with Crippen molar-refractivity contribution >= 4 is 52.9 Å². The van der Waals surface area contributed by atoms with Crippen molar-refractivity contribution in [1.82, 2.24) is 0 Å². The van der Waals surface area contributed by atoms with E-state index in [0.717, 1.165) is 0 Å². The lowest BCUT2D eigenvalue weighted by molar-refractivity contribution is -0.660. The van der Waals surface area contributed by atoms with Crippen LogP contribution in [0.3, 0.4) is 0 Å². The van der Waals surface area contributed by atoms with Gasteiger partial charge in [-0.25, -0.2) is 4.57 Å². The maximum Gasteiger partial charge on any atom is 0.213 e. The molecule has 24 heavy (non-hydrogen) atoms. The first kappa shape index (κ1) is 14.1. The largest absolute Gasteiger partial charge is 0.213 e. The second-order valence-corrected chi connectivity index (χ2v) is 8.13. The lowest BCUT2D eigenvalue weighted by Gasteiger charge is -2.08. The van der Waals surface area contributed by atoms with Crippen molar-refractivity contribution < 1.29 is 4.57 Å². The summed E-state index contributed by atoms with van der Waals surface area (Å²) in [5.41, 5.74) is 4.03. The van der Waals surface area contributed by atoms with Crippen molar-refractivity contribution in [2.24, 2.45) is 7.05 Å². The van der Waals surface area contributed by atoms with E-state index in [1.54, 1.807) is 0 Å². The summed E-state index contributed by atoms with van der Waals surface area (Å²) in [6.45, 7) is 2.27. The van der Waals surface area contributed by atoms with Gasteiger partial charge in [-0.1, -0.05) is 18.2 Å². The molecule has 3 aromatic heterocycles. The van der Waals surface area contributed by atoms with Gasteiger partial charge in [-0.05, 0) is 36.1 Å². The standard InChI is InChI=1S/C21H16NS2/c1-13-18(16-8-5-6-11-22(16)2)15-10-12-23-21(15)19-14-7-3-4-9-17(14)24-20(13)19/h3-12H,1-2H3/q+1. The van der Waals surface area contributed by atoms with Gasteiger partial charge in [-0.15, -0.1) is 22.7 Å². The Balaban J connectivity index is 2.05. The number of pyridine rings is 1. The van der Waals surface area contributed by atoms with E-state index in [0.29, 0.717) is 0 Å². The summed E-state index contributed by atoms with van der Waals surface area (Å²) in [6, 6.07) is 17.5. The first-order chi connectivity index (χ1) is 11.8. The van der Waals surface area contributed by atoms with Gasteiger partial charge in [0.15, 0.2) is 6.20 Å². The summed E-state index contributed by atoms with van der Waals surface area (Å²) in [6.07, 6.45) is 2.13. The topological polar surface area (TPSA) is 3.88 Å². The molecule has 0 saturated carbocycles. The highest BCUT2D eigenvalue weighted by Gasteiger charge is 2.21. The highest BCUT2D eigenvalue weighted by molar-refractivity contribution is 7.27. The van der Waals surface area contributed by atoms with E-state index in [-0.39, 0.29) is 0 Å². The maximum absolute atomic E-state index is 2.28. The van der Waals surface area contributed by atoms with Crippen LogP contribution in [0.1, 0.15) is 5.56 Å². The van der Waals surface area contributed by atoms with Gasteiger partial charge in [0.1, 0.15) is 7.05 Å². The fourth-order valence-electron chi connectivity index (χ4n) is 3.66. The smallest absolute Gasteiger partial charge is 0.201 e. The third kappa shape index (κ3) is 1.83. The van der Waals surface area contributed by atoms with E-state index in [4.69, 9.17) is 0 Å². The third-order valence-corrected chi connectivity index (χ3v) is 7.01. The van der Waals surface area contributed by atoms with E-state index < -0.39 is 0 Å².